The predicted molar refractivity (Wildman–Crippen MR) is 123 cm³/mol. The summed E-state index contributed by atoms with van der Waals surface area (Å²) < 4.78 is 11.2. The van der Waals surface area contributed by atoms with Crippen molar-refractivity contribution in [3.05, 3.63) is 51.7 Å². The summed E-state index contributed by atoms with van der Waals surface area (Å²) in [6.45, 7) is 7.68. The molecule has 3 rings (SSSR count). The van der Waals surface area contributed by atoms with Crippen LogP contribution in [-0.4, -0.2) is 61.6 Å². The van der Waals surface area contributed by atoms with Gasteiger partial charge in [0.05, 0.1) is 19.2 Å². The number of amides is 2. The Bertz CT molecular complexity index is 878. The number of carbonyl (C=O) groups excluding carboxylic acids is 2. The van der Waals surface area contributed by atoms with Crippen molar-refractivity contribution in [2.75, 3.05) is 40.0 Å². The molecule has 1 aromatic heterocycles. The van der Waals surface area contributed by atoms with Crippen LogP contribution in [-0.2, 0) is 20.7 Å². The maximum Gasteiger partial charge on any atom is 0.242 e. The number of hydrogen-bond acceptors (Lipinski definition) is 5. The van der Waals surface area contributed by atoms with Crippen LogP contribution in [0.2, 0.25) is 0 Å². The van der Waals surface area contributed by atoms with Gasteiger partial charge < -0.3 is 19.3 Å². The molecule has 1 atom stereocenters. The van der Waals surface area contributed by atoms with E-state index < -0.39 is 0 Å². The van der Waals surface area contributed by atoms with Crippen molar-refractivity contribution in [2.45, 2.75) is 39.2 Å². The molecule has 168 valence electrons. The van der Waals surface area contributed by atoms with E-state index in [1.165, 1.54) is 22.3 Å². The molecule has 6 nitrogen and oxygen atoms in total. The van der Waals surface area contributed by atoms with Gasteiger partial charge in [0.1, 0.15) is 12.4 Å². The Balaban J connectivity index is 1.73. The highest BCUT2D eigenvalue weighted by Gasteiger charge is 2.33. The smallest absolute Gasteiger partial charge is 0.242 e. The van der Waals surface area contributed by atoms with Crippen molar-refractivity contribution < 1.29 is 19.1 Å². The fraction of sp³-hybridized carbons (Fsp3) is 0.500. The quantitative estimate of drug-likeness (QED) is 0.589. The molecule has 2 amide bonds. The minimum atomic E-state index is -0.163. The van der Waals surface area contributed by atoms with Gasteiger partial charge in [-0.3, -0.25) is 9.59 Å². The molecule has 0 N–H and O–H groups in total. The lowest BCUT2D eigenvalue weighted by Crippen LogP contribution is -2.48. The van der Waals surface area contributed by atoms with Gasteiger partial charge in [0.15, 0.2) is 0 Å². The van der Waals surface area contributed by atoms with Crippen molar-refractivity contribution in [3.8, 4) is 5.75 Å². The van der Waals surface area contributed by atoms with Crippen molar-refractivity contribution in [3.63, 3.8) is 0 Å². The topological polar surface area (TPSA) is 59.1 Å². The third-order valence-corrected chi connectivity index (χ3v) is 6.70. The second-order valence-electron chi connectivity index (χ2n) is 8.12. The van der Waals surface area contributed by atoms with E-state index in [-0.39, 0.29) is 24.4 Å². The number of hydrogen-bond donors (Lipinski definition) is 0. The molecule has 7 heteroatoms. The van der Waals surface area contributed by atoms with Gasteiger partial charge in [-0.15, -0.1) is 11.3 Å². The number of fused-ring (bicyclic) bond motifs is 1. The van der Waals surface area contributed by atoms with Crippen LogP contribution < -0.4 is 4.74 Å². The number of rotatable bonds is 9. The Labute approximate surface area is 188 Å². The zero-order valence-corrected chi connectivity index (χ0v) is 19.6. The van der Waals surface area contributed by atoms with Gasteiger partial charge in [-0.25, -0.2) is 0 Å². The summed E-state index contributed by atoms with van der Waals surface area (Å²) in [5.41, 5.74) is 2.41. The molecular weight excluding hydrogens is 412 g/mol. The Hall–Kier alpha value is -2.38. The summed E-state index contributed by atoms with van der Waals surface area (Å²) in [7, 11) is 1.59. The van der Waals surface area contributed by atoms with Crippen LogP contribution in [0.25, 0.3) is 0 Å². The zero-order valence-electron chi connectivity index (χ0n) is 18.8. The van der Waals surface area contributed by atoms with E-state index in [2.05, 4.69) is 37.4 Å². The molecule has 0 fully saturated rings. The highest BCUT2D eigenvalue weighted by molar-refractivity contribution is 7.10. The van der Waals surface area contributed by atoms with Gasteiger partial charge in [0.2, 0.25) is 11.8 Å². The van der Waals surface area contributed by atoms with Crippen LogP contribution in [0.15, 0.2) is 35.7 Å². The lowest BCUT2D eigenvalue weighted by atomic mass is 10.00. The average Bonchev–Trinajstić information content (AvgIpc) is 3.24. The fourth-order valence-electron chi connectivity index (χ4n) is 3.80. The van der Waals surface area contributed by atoms with Gasteiger partial charge in [-0.2, -0.15) is 0 Å². The SMILES string of the molecule is COCCN(CC(=O)N1CCc2sccc2C1COc1ccc(C(C)C)cc1)C(C)=O. The second-order valence-corrected chi connectivity index (χ2v) is 9.12. The highest BCUT2D eigenvalue weighted by atomic mass is 32.1. The second kappa shape index (κ2) is 10.8. The molecule has 0 bridgehead atoms. The number of methoxy groups -OCH3 is 1. The van der Waals surface area contributed by atoms with Crippen molar-refractivity contribution in [1.82, 2.24) is 9.80 Å². The summed E-state index contributed by atoms with van der Waals surface area (Å²) in [6.07, 6.45) is 0.830. The van der Waals surface area contributed by atoms with E-state index in [1.54, 1.807) is 18.4 Å². The van der Waals surface area contributed by atoms with Gasteiger partial charge in [0.25, 0.3) is 0 Å². The Morgan fingerprint density at radius 2 is 1.97 bits per heavy atom. The Kier molecular flexibility index (Phi) is 8.09. The van der Waals surface area contributed by atoms with Crippen LogP contribution in [0.4, 0.5) is 0 Å². The third-order valence-electron chi connectivity index (χ3n) is 5.71. The standard InChI is InChI=1S/C24H32N2O4S/c1-17(2)19-5-7-20(8-6-19)30-16-22-21-10-14-31-23(21)9-11-26(22)24(28)15-25(18(3)27)12-13-29-4/h5-8,10,14,17,22H,9,11-13,15-16H2,1-4H3. The molecule has 2 aromatic rings. The number of thiophene rings is 1. The molecule has 0 aliphatic carbocycles. The molecule has 1 unspecified atom stereocenters. The first-order valence-corrected chi connectivity index (χ1v) is 11.6. The summed E-state index contributed by atoms with van der Waals surface area (Å²) in [4.78, 5) is 29.9. The maximum absolute atomic E-state index is 13.2. The van der Waals surface area contributed by atoms with Gasteiger partial charge in [0, 0.05) is 32.0 Å². The van der Waals surface area contributed by atoms with E-state index in [0.29, 0.717) is 32.2 Å². The first-order chi connectivity index (χ1) is 14.9. The predicted octanol–water partition coefficient (Wildman–Crippen LogP) is 3.87. The van der Waals surface area contributed by atoms with Crippen LogP contribution in [0.3, 0.4) is 0 Å². The normalized spacial score (nSPS) is 15.6. The zero-order chi connectivity index (χ0) is 22.4. The van der Waals surface area contributed by atoms with E-state index in [9.17, 15) is 9.59 Å². The van der Waals surface area contributed by atoms with E-state index >= 15 is 0 Å². The van der Waals surface area contributed by atoms with E-state index in [1.807, 2.05) is 17.0 Å². The molecular formula is C24H32N2O4S. The number of nitrogens with zero attached hydrogens (tertiary/aromatic N) is 2. The van der Waals surface area contributed by atoms with Gasteiger partial charge in [-0.1, -0.05) is 26.0 Å². The molecule has 0 saturated heterocycles. The Morgan fingerprint density at radius 1 is 1.23 bits per heavy atom. The lowest BCUT2D eigenvalue weighted by Gasteiger charge is -2.37. The highest BCUT2D eigenvalue weighted by Crippen LogP contribution is 2.34. The molecule has 1 aliphatic heterocycles. The van der Waals surface area contributed by atoms with Gasteiger partial charge >= 0.3 is 0 Å². The monoisotopic (exact) mass is 444 g/mol. The molecule has 31 heavy (non-hydrogen) atoms. The number of ether oxygens (including phenoxy) is 2. The molecule has 0 radical (unpaired) electrons. The summed E-state index contributed by atoms with van der Waals surface area (Å²) in [5, 5.41) is 2.07. The first kappa shape index (κ1) is 23.3. The van der Waals surface area contributed by atoms with Crippen molar-refractivity contribution in [2.24, 2.45) is 0 Å². The van der Waals surface area contributed by atoms with E-state index in [4.69, 9.17) is 9.47 Å². The largest absolute Gasteiger partial charge is 0.491 e. The lowest BCUT2D eigenvalue weighted by molar-refractivity contribution is -0.142. The summed E-state index contributed by atoms with van der Waals surface area (Å²) in [5.74, 6) is 1.07. The molecule has 1 aromatic carbocycles. The van der Waals surface area contributed by atoms with Crippen LogP contribution in [0, 0.1) is 0 Å². The van der Waals surface area contributed by atoms with E-state index in [0.717, 1.165) is 17.7 Å². The van der Waals surface area contributed by atoms with Crippen LogP contribution in [0.5, 0.6) is 5.75 Å². The van der Waals surface area contributed by atoms with Crippen molar-refractivity contribution in [1.29, 1.82) is 0 Å². The first-order valence-electron chi connectivity index (χ1n) is 10.7. The van der Waals surface area contributed by atoms with Crippen molar-refractivity contribution >= 4 is 23.2 Å². The molecule has 1 aliphatic rings. The van der Waals surface area contributed by atoms with Crippen LogP contribution in [0.1, 0.15) is 48.7 Å². The average molecular weight is 445 g/mol. The molecule has 0 spiro atoms. The summed E-state index contributed by atoms with van der Waals surface area (Å²) >= 11 is 1.73. The number of carbonyl (C=O) groups is 2. The molecule has 0 saturated carbocycles. The van der Waals surface area contributed by atoms with Crippen LogP contribution >= 0.6 is 11.3 Å². The number of benzene rings is 1. The van der Waals surface area contributed by atoms with Gasteiger partial charge in [-0.05, 0) is 47.0 Å². The minimum absolute atomic E-state index is 0.0533. The molecule has 2 heterocycles. The maximum atomic E-state index is 13.2. The Morgan fingerprint density at radius 3 is 2.61 bits per heavy atom. The fourth-order valence-corrected chi connectivity index (χ4v) is 4.73. The minimum Gasteiger partial charge on any atom is -0.491 e. The summed E-state index contributed by atoms with van der Waals surface area (Å²) in [6, 6.07) is 10.1. The third kappa shape index (κ3) is 5.86.